The van der Waals surface area contributed by atoms with Gasteiger partial charge in [-0.2, -0.15) is 0 Å². The molecule has 0 unspecified atom stereocenters. The molecule has 23 heavy (non-hydrogen) atoms. The van der Waals surface area contributed by atoms with Crippen molar-refractivity contribution in [3.8, 4) is 0 Å². The van der Waals surface area contributed by atoms with Crippen LogP contribution >= 0.6 is 11.3 Å². The summed E-state index contributed by atoms with van der Waals surface area (Å²) < 4.78 is 22.8. The Morgan fingerprint density at radius 3 is 2.57 bits per heavy atom. The second kappa shape index (κ2) is 7.63. The Bertz CT molecular complexity index is 643. The number of rotatable bonds is 7. The highest BCUT2D eigenvalue weighted by Gasteiger charge is 2.34. The molecular weight excluding hydrogens is 332 g/mol. The summed E-state index contributed by atoms with van der Waals surface area (Å²) in [6.07, 6.45) is 5.05. The number of hydrogen-bond donors (Lipinski definition) is 3. The maximum atomic E-state index is 11.3. The fraction of sp³-hybridized carbons (Fsp3) is 0.667. The van der Waals surface area contributed by atoms with E-state index in [0.717, 1.165) is 23.9 Å². The molecule has 4 N–H and O–H groups in total. The van der Waals surface area contributed by atoms with E-state index in [9.17, 15) is 8.42 Å². The molecule has 1 aliphatic rings. The zero-order valence-corrected chi connectivity index (χ0v) is 15.4. The number of nitrogens with zero attached hydrogens (tertiary/aromatic N) is 1. The molecule has 2 rings (SSSR count). The van der Waals surface area contributed by atoms with E-state index in [-0.39, 0.29) is 4.21 Å². The van der Waals surface area contributed by atoms with Crippen LogP contribution in [0.5, 0.6) is 0 Å². The molecule has 8 heteroatoms. The van der Waals surface area contributed by atoms with E-state index in [1.807, 2.05) is 6.92 Å². The summed E-state index contributed by atoms with van der Waals surface area (Å²) >= 11 is 1.17. The van der Waals surface area contributed by atoms with Crippen LogP contribution in [0.25, 0.3) is 0 Å². The van der Waals surface area contributed by atoms with E-state index in [1.165, 1.54) is 43.1 Å². The fourth-order valence-electron chi connectivity index (χ4n) is 2.70. The van der Waals surface area contributed by atoms with Crippen LogP contribution in [0.3, 0.4) is 0 Å². The van der Waals surface area contributed by atoms with Crippen LogP contribution in [0.1, 0.15) is 44.4 Å². The topological polar surface area (TPSA) is 96.6 Å². The van der Waals surface area contributed by atoms with E-state index in [2.05, 4.69) is 22.5 Å². The van der Waals surface area contributed by atoms with Gasteiger partial charge in [0.15, 0.2) is 5.96 Å². The van der Waals surface area contributed by atoms with Crippen molar-refractivity contribution in [2.75, 3.05) is 13.1 Å². The maximum absolute atomic E-state index is 11.3. The predicted molar refractivity (Wildman–Crippen MR) is 95.1 cm³/mol. The summed E-state index contributed by atoms with van der Waals surface area (Å²) in [4.78, 5) is 5.42. The molecule has 130 valence electrons. The van der Waals surface area contributed by atoms with Gasteiger partial charge < -0.3 is 10.6 Å². The summed E-state index contributed by atoms with van der Waals surface area (Å²) in [5.74, 6) is 0.776. The minimum atomic E-state index is -3.62. The molecule has 1 heterocycles. The molecule has 6 nitrogen and oxygen atoms in total. The van der Waals surface area contributed by atoms with Crippen LogP contribution in [0.15, 0.2) is 21.3 Å². The van der Waals surface area contributed by atoms with Crippen molar-refractivity contribution >= 4 is 27.3 Å². The van der Waals surface area contributed by atoms with Crippen LogP contribution in [0.4, 0.5) is 0 Å². The summed E-state index contributed by atoms with van der Waals surface area (Å²) in [6.45, 7) is 6.43. The number of sulfonamides is 1. The predicted octanol–water partition coefficient (Wildman–Crippen LogP) is 2.03. The summed E-state index contributed by atoms with van der Waals surface area (Å²) in [6, 6.07) is 3.29. The lowest BCUT2D eigenvalue weighted by molar-refractivity contribution is 0.131. The molecule has 1 aliphatic carbocycles. The Labute approximate surface area is 142 Å². The quantitative estimate of drug-likeness (QED) is 0.513. The maximum Gasteiger partial charge on any atom is 0.247 e. The third kappa shape index (κ3) is 4.92. The number of hydrogen-bond acceptors (Lipinski definition) is 4. The second-order valence-corrected chi connectivity index (χ2v) is 8.98. The van der Waals surface area contributed by atoms with Crippen molar-refractivity contribution in [2.45, 2.75) is 50.3 Å². The first kappa shape index (κ1) is 18.2. The van der Waals surface area contributed by atoms with Crippen molar-refractivity contribution in [2.24, 2.45) is 15.5 Å². The van der Waals surface area contributed by atoms with Gasteiger partial charge in [0.25, 0.3) is 0 Å². The zero-order valence-electron chi connectivity index (χ0n) is 13.8. The van der Waals surface area contributed by atoms with Crippen molar-refractivity contribution < 1.29 is 8.42 Å². The van der Waals surface area contributed by atoms with Gasteiger partial charge in [0.1, 0.15) is 4.21 Å². The van der Waals surface area contributed by atoms with Crippen LogP contribution in [0, 0.1) is 5.41 Å². The SMILES string of the molecule is CCNC(=NCc1ccc(S(N)(=O)=O)s1)NCC1(CC)CCC1. The van der Waals surface area contributed by atoms with E-state index in [4.69, 9.17) is 5.14 Å². The average molecular weight is 359 g/mol. The first-order valence-electron chi connectivity index (χ1n) is 8.02. The molecule has 1 saturated carbocycles. The van der Waals surface area contributed by atoms with Crippen molar-refractivity contribution in [1.82, 2.24) is 10.6 Å². The molecule has 1 fully saturated rings. The third-order valence-electron chi connectivity index (χ3n) is 4.45. The van der Waals surface area contributed by atoms with Crippen molar-refractivity contribution in [1.29, 1.82) is 0 Å². The summed E-state index contributed by atoms with van der Waals surface area (Å²) in [5.41, 5.74) is 0.417. The van der Waals surface area contributed by atoms with Crippen LogP contribution in [-0.2, 0) is 16.6 Å². The Hall–Kier alpha value is -1.12. The molecule has 0 aromatic carbocycles. The van der Waals surface area contributed by atoms with Gasteiger partial charge in [-0.15, -0.1) is 11.3 Å². The molecule has 0 saturated heterocycles. The Morgan fingerprint density at radius 1 is 1.35 bits per heavy atom. The number of thiophene rings is 1. The van der Waals surface area contributed by atoms with E-state index >= 15 is 0 Å². The van der Waals surface area contributed by atoms with Crippen molar-refractivity contribution in [3.63, 3.8) is 0 Å². The van der Waals surface area contributed by atoms with E-state index in [1.54, 1.807) is 6.07 Å². The number of nitrogens with one attached hydrogen (secondary N) is 2. The Kier molecular flexibility index (Phi) is 6.05. The highest BCUT2D eigenvalue weighted by molar-refractivity contribution is 7.91. The van der Waals surface area contributed by atoms with Crippen LogP contribution in [-0.4, -0.2) is 27.5 Å². The summed E-state index contributed by atoms with van der Waals surface area (Å²) in [5, 5.41) is 11.8. The highest BCUT2D eigenvalue weighted by Crippen LogP contribution is 2.42. The van der Waals surface area contributed by atoms with E-state index in [0.29, 0.717) is 12.0 Å². The molecule has 0 bridgehead atoms. The molecule has 1 aromatic rings. The zero-order chi connectivity index (χ0) is 16.9. The largest absolute Gasteiger partial charge is 0.357 e. The van der Waals surface area contributed by atoms with Gasteiger partial charge in [-0.1, -0.05) is 13.3 Å². The lowest BCUT2D eigenvalue weighted by atomic mass is 9.67. The highest BCUT2D eigenvalue weighted by atomic mass is 32.2. The van der Waals surface area contributed by atoms with Gasteiger partial charge in [0, 0.05) is 18.0 Å². The minimum Gasteiger partial charge on any atom is -0.357 e. The van der Waals surface area contributed by atoms with Gasteiger partial charge in [0.05, 0.1) is 6.54 Å². The number of aliphatic imine (C=N–C) groups is 1. The first-order valence-corrected chi connectivity index (χ1v) is 10.4. The average Bonchev–Trinajstić information content (AvgIpc) is 2.93. The third-order valence-corrected chi connectivity index (χ3v) is 6.96. The molecule has 0 spiro atoms. The summed E-state index contributed by atoms with van der Waals surface area (Å²) in [7, 11) is -3.62. The second-order valence-electron chi connectivity index (χ2n) is 6.02. The standard InChI is InChI=1S/C15H26N4O2S2/c1-3-15(8-5-9-15)11-19-14(17-4-2)18-10-12-6-7-13(22-12)23(16,20)21/h6-7H,3-5,8-11H2,1-2H3,(H2,16,20,21)(H2,17,18,19). The smallest absolute Gasteiger partial charge is 0.247 e. The van der Waals surface area contributed by atoms with Gasteiger partial charge >= 0.3 is 0 Å². The monoisotopic (exact) mass is 358 g/mol. The van der Waals surface area contributed by atoms with Gasteiger partial charge in [-0.3, -0.25) is 0 Å². The van der Waals surface area contributed by atoms with Gasteiger partial charge in [0.2, 0.25) is 10.0 Å². The lowest BCUT2D eigenvalue weighted by Gasteiger charge is -2.41. The van der Waals surface area contributed by atoms with Crippen LogP contribution in [0.2, 0.25) is 0 Å². The minimum absolute atomic E-state index is 0.181. The molecule has 1 aromatic heterocycles. The normalized spacial score (nSPS) is 17.6. The Morgan fingerprint density at radius 2 is 2.09 bits per heavy atom. The molecule has 0 atom stereocenters. The number of primary sulfonamides is 1. The molecular formula is C15H26N4O2S2. The van der Waals surface area contributed by atoms with Crippen molar-refractivity contribution in [3.05, 3.63) is 17.0 Å². The van der Waals surface area contributed by atoms with Crippen LogP contribution < -0.4 is 15.8 Å². The molecule has 0 radical (unpaired) electrons. The van der Waals surface area contributed by atoms with Gasteiger partial charge in [-0.25, -0.2) is 18.5 Å². The fourth-order valence-corrected chi connectivity index (χ4v) is 4.40. The van der Waals surface area contributed by atoms with Gasteiger partial charge in [-0.05, 0) is 43.7 Å². The van der Waals surface area contributed by atoms with E-state index < -0.39 is 10.0 Å². The molecule has 0 aliphatic heterocycles. The lowest BCUT2D eigenvalue weighted by Crippen LogP contribution is -2.46. The number of guanidine groups is 1. The first-order chi connectivity index (χ1) is 10.9. The number of nitrogens with two attached hydrogens (primary N) is 1. The Balaban J connectivity index is 1.96. The molecule has 0 amide bonds.